The molecule has 0 unspecified atom stereocenters. The minimum atomic E-state index is -4.14. The van der Waals surface area contributed by atoms with Gasteiger partial charge in [-0.2, -0.15) is 4.31 Å². The number of rotatable bonds is 9. The van der Waals surface area contributed by atoms with E-state index in [9.17, 15) is 13.2 Å². The van der Waals surface area contributed by atoms with Crippen LogP contribution in [-0.2, 0) is 14.8 Å². The fraction of sp³-hybridized carbons (Fsp3) is 0.192. The molecule has 33 heavy (non-hydrogen) atoms. The van der Waals surface area contributed by atoms with Gasteiger partial charge in [0, 0.05) is 6.08 Å². The number of carbonyl (C=O) groups is 1. The van der Waals surface area contributed by atoms with E-state index < -0.39 is 15.9 Å². The largest absolute Gasteiger partial charge is 0.497 e. The van der Waals surface area contributed by atoms with Crippen molar-refractivity contribution in [3.05, 3.63) is 90.0 Å². The Labute approximate surface area is 195 Å². The lowest BCUT2D eigenvalue weighted by atomic mass is 10.2. The number of amides is 1. The zero-order valence-electron chi connectivity index (χ0n) is 18.9. The number of hydrogen-bond acceptors (Lipinski definition) is 5. The minimum absolute atomic E-state index is 0.0306. The predicted octanol–water partition coefficient (Wildman–Crippen LogP) is 5.23. The van der Waals surface area contributed by atoms with Crippen LogP contribution in [0.4, 0.5) is 5.69 Å². The van der Waals surface area contributed by atoms with Crippen LogP contribution in [0.3, 0.4) is 0 Å². The van der Waals surface area contributed by atoms with E-state index in [0.717, 1.165) is 27.6 Å². The predicted molar refractivity (Wildman–Crippen MR) is 130 cm³/mol. The van der Waals surface area contributed by atoms with Gasteiger partial charge in [0.25, 0.3) is 15.9 Å². The first-order valence-electron chi connectivity index (χ1n) is 10.6. The second-order valence-electron chi connectivity index (χ2n) is 7.37. The van der Waals surface area contributed by atoms with E-state index in [4.69, 9.17) is 9.47 Å². The molecule has 3 aromatic carbocycles. The number of anilines is 1. The normalized spacial score (nSPS) is 11.4. The molecule has 0 atom stereocenters. The van der Waals surface area contributed by atoms with Gasteiger partial charge >= 0.3 is 0 Å². The van der Waals surface area contributed by atoms with Gasteiger partial charge in [-0.1, -0.05) is 36.8 Å². The van der Waals surface area contributed by atoms with Gasteiger partial charge in [-0.25, -0.2) is 8.42 Å². The lowest BCUT2D eigenvalue weighted by molar-refractivity contribution is -0.113. The Morgan fingerprint density at radius 3 is 2.09 bits per heavy atom. The van der Waals surface area contributed by atoms with Crippen LogP contribution in [0.25, 0.3) is 6.08 Å². The van der Waals surface area contributed by atoms with Crippen LogP contribution in [0.1, 0.15) is 24.5 Å². The van der Waals surface area contributed by atoms with Crippen LogP contribution in [-0.4, -0.2) is 28.0 Å². The van der Waals surface area contributed by atoms with Crippen LogP contribution in [0, 0.1) is 6.92 Å². The summed E-state index contributed by atoms with van der Waals surface area (Å²) < 4.78 is 38.4. The quantitative estimate of drug-likeness (QED) is 0.405. The third-order valence-corrected chi connectivity index (χ3v) is 6.58. The first kappa shape index (κ1) is 24.1. The van der Waals surface area contributed by atoms with Crippen molar-refractivity contribution in [3.8, 4) is 11.5 Å². The molecule has 7 heteroatoms. The standard InChI is InChI=1S/C26H27NO5S/c1-4-19-32-24-12-7-21(8-13-24)9-18-26(28)27(22-10-14-23(31-3)15-11-22)33(29,30)25-16-5-20(2)6-17-25/h5-18H,4,19H2,1-3H3/b18-9+. The lowest BCUT2D eigenvalue weighted by Gasteiger charge is -2.21. The number of nitrogens with zero attached hydrogens (tertiary/aromatic N) is 1. The van der Waals surface area contributed by atoms with E-state index in [-0.39, 0.29) is 10.6 Å². The third-order valence-electron chi connectivity index (χ3n) is 4.84. The minimum Gasteiger partial charge on any atom is -0.497 e. The topological polar surface area (TPSA) is 72.9 Å². The van der Waals surface area contributed by atoms with Gasteiger partial charge in [-0.15, -0.1) is 0 Å². The molecule has 0 aliphatic carbocycles. The van der Waals surface area contributed by atoms with Crippen molar-refractivity contribution >= 4 is 27.7 Å². The molecule has 0 spiro atoms. The van der Waals surface area contributed by atoms with Gasteiger partial charge in [-0.05, 0) is 73.5 Å². The summed E-state index contributed by atoms with van der Waals surface area (Å²) in [5, 5.41) is 0. The molecule has 6 nitrogen and oxygen atoms in total. The maximum atomic E-state index is 13.4. The summed E-state index contributed by atoms with van der Waals surface area (Å²) in [5.41, 5.74) is 1.88. The highest BCUT2D eigenvalue weighted by atomic mass is 32.2. The monoisotopic (exact) mass is 465 g/mol. The van der Waals surface area contributed by atoms with Crippen LogP contribution in [0.2, 0.25) is 0 Å². The van der Waals surface area contributed by atoms with E-state index in [1.165, 1.54) is 37.5 Å². The van der Waals surface area contributed by atoms with Crippen molar-refractivity contribution in [3.63, 3.8) is 0 Å². The van der Waals surface area contributed by atoms with Gasteiger partial charge in [0.2, 0.25) is 0 Å². The molecular weight excluding hydrogens is 438 g/mol. The molecule has 0 aliphatic heterocycles. The second kappa shape index (κ2) is 10.8. The number of methoxy groups -OCH3 is 1. The molecule has 3 rings (SSSR count). The van der Waals surface area contributed by atoms with Gasteiger partial charge < -0.3 is 9.47 Å². The summed E-state index contributed by atoms with van der Waals surface area (Å²) in [5.74, 6) is 0.606. The number of sulfonamides is 1. The molecule has 0 aromatic heterocycles. The zero-order valence-corrected chi connectivity index (χ0v) is 19.7. The first-order chi connectivity index (χ1) is 15.8. The summed E-state index contributed by atoms with van der Waals surface area (Å²) in [6, 6.07) is 19.9. The van der Waals surface area contributed by atoms with Crippen LogP contribution < -0.4 is 13.8 Å². The molecule has 0 aliphatic rings. The van der Waals surface area contributed by atoms with Crippen LogP contribution in [0.5, 0.6) is 11.5 Å². The Balaban J connectivity index is 1.93. The van der Waals surface area contributed by atoms with E-state index in [1.807, 2.05) is 26.0 Å². The average molecular weight is 466 g/mol. The fourth-order valence-corrected chi connectivity index (χ4v) is 4.44. The lowest BCUT2D eigenvalue weighted by Crippen LogP contribution is -2.35. The molecule has 0 bridgehead atoms. The van der Waals surface area contributed by atoms with Gasteiger partial charge in [0.15, 0.2) is 0 Å². The molecule has 0 N–H and O–H groups in total. The number of aryl methyl sites for hydroxylation is 1. The summed E-state index contributed by atoms with van der Waals surface area (Å²) in [6.45, 7) is 4.52. The van der Waals surface area contributed by atoms with E-state index in [2.05, 4.69) is 0 Å². The Hall–Kier alpha value is -3.58. The van der Waals surface area contributed by atoms with Crippen molar-refractivity contribution in [2.24, 2.45) is 0 Å². The van der Waals surface area contributed by atoms with Crippen molar-refractivity contribution in [2.75, 3.05) is 18.0 Å². The van der Waals surface area contributed by atoms with Gasteiger partial charge in [-0.3, -0.25) is 4.79 Å². The number of carbonyl (C=O) groups excluding carboxylic acids is 1. The van der Waals surface area contributed by atoms with E-state index in [1.54, 1.807) is 42.5 Å². The molecule has 0 saturated heterocycles. The summed E-state index contributed by atoms with van der Waals surface area (Å²) >= 11 is 0. The van der Waals surface area contributed by atoms with Gasteiger partial charge in [0.1, 0.15) is 11.5 Å². The summed E-state index contributed by atoms with van der Waals surface area (Å²) in [4.78, 5) is 13.2. The maximum absolute atomic E-state index is 13.4. The number of benzene rings is 3. The molecule has 0 radical (unpaired) electrons. The van der Waals surface area contributed by atoms with Crippen molar-refractivity contribution in [2.45, 2.75) is 25.2 Å². The molecule has 0 saturated carbocycles. The van der Waals surface area contributed by atoms with Crippen LogP contribution in [0.15, 0.2) is 83.8 Å². The Bertz CT molecular complexity index is 1200. The van der Waals surface area contributed by atoms with Crippen molar-refractivity contribution in [1.29, 1.82) is 0 Å². The van der Waals surface area contributed by atoms with E-state index in [0.29, 0.717) is 12.4 Å². The molecule has 1 amide bonds. The fourth-order valence-electron chi connectivity index (χ4n) is 3.05. The van der Waals surface area contributed by atoms with Gasteiger partial charge in [0.05, 0.1) is 24.3 Å². The summed E-state index contributed by atoms with van der Waals surface area (Å²) in [7, 11) is -2.62. The molecule has 0 fully saturated rings. The third kappa shape index (κ3) is 6.02. The number of ether oxygens (including phenoxy) is 2. The molecule has 0 heterocycles. The highest BCUT2D eigenvalue weighted by Gasteiger charge is 2.29. The molecule has 3 aromatic rings. The average Bonchev–Trinajstić information content (AvgIpc) is 2.83. The zero-order chi connectivity index (χ0) is 23.8. The molecular formula is C26H27NO5S. The smallest absolute Gasteiger partial charge is 0.271 e. The molecule has 172 valence electrons. The van der Waals surface area contributed by atoms with Crippen molar-refractivity contribution in [1.82, 2.24) is 0 Å². The Morgan fingerprint density at radius 2 is 1.52 bits per heavy atom. The van der Waals surface area contributed by atoms with Crippen LogP contribution >= 0.6 is 0 Å². The Kier molecular flexibility index (Phi) is 7.90. The Morgan fingerprint density at radius 1 is 0.909 bits per heavy atom. The maximum Gasteiger partial charge on any atom is 0.271 e. The van der Waals surface area contributed by atoms with E-state index >= 15 is 0 Å². The SMILES string of the molecule is CCCOc1ccc(/C=C/C(=O)N(c2ccc(OC)cc2)S(=O)(=O)c2ccc(C)cc2)cc1. The second-order valence-corrected chi connectivity index (χ2v) is 9.16. The summed E-state index contributed by atoms with van der Waals surface area (Å²) in [6.07, 6.45) is 3.73. The number of hydrogen-bond donors (Lipinski definition) is 0. The van der Waals surface area contributed by atoms with Crippen molar-refractivity contribution < 1.29 is 22.7 Å². The first-order valence-corrected chi connectivity index (χ1v) is 12.0. The highest BCUT2D eigenvalue weighted by Crippen LogP contribution is 2.27. The highest BCUT2D eigenvalue weighted by molar-refractivity contribution is 7.93.